The van der Waals surface area contributed by atoms with Crippen LogP contribution >= 0.6 is 0 Å². The van der Waals surface area contributed by atoms with Crippen LogP contribution in [0.5, 0.6) is 0 Å². The molecule has 2 aliphatic carbocycles. The molecule has 0 saturated heterocycles. The lowest BCUT2D eigenvalue weighted by Gasteiger charge is -2.24. The maximum Gasteiger partial charge on any atom is 0.154 e. The molecule has 1 saturated carbocycles. The van der Waals surface area contributed by atoms with E-state index in [9.17, 15) is 0 Å². The first-order valence-corrected chi connectivity index (χ1v) is 7.86. The lowest BCUT2D eigenvalue weighted by Crippen LogP contribution is -2.17. The van der Waals surface area contributed by atoms with E-state index in [4.69, 9.17) is 10.1 Å². The van der Waals surface area contributed by atoms with Crippen LogP contribution in [-0.2, 0) is 19.4 Å². The number of nitrogens with zero attached hydrogens (tertiary/aromatic N) is 3. The van der Waals surface area contributed by atoms with Gasteiger partial charge in [-0.15, -0.1) is 0 Å². The summed E-state index contributed by atoms with van der Waals surface area (Å²) in [6.45, 7) is 3.11. The number of rotatable bonds is 3. The molecule has 4 rings (SSSR count). The molecule has 0 aliphatic heterocycles. The Labute approximate surface area is 120 Å². The largest absolute Gasteiger partial charge is 0.250 e. The fraction of sp³-hybridized carbons (Fsp3) is 0.529. The smallest absolute Gasteiger partial charge is 0.154 e. The minimum absolute atomic E-state index is 0.546. The number of aromatic nitrogens is 3. The molecule has 3 heteroatoms. The Hall–Kier alpha value is -1.64. The van der Waals surface area contributed by atoms with Crippen LogP contribution in [0, 0.1) is 0 Å². The van der Waals surface area contributed by atoms with Gasteiger partial charge in [-0.1, -0.05) is 24.3 Å². The average molecular weight is 267 g/mol. The van der Waals surface area contributed by atoms with E-state index in [-0.39, 0.29) is 0 Å². The number of benzene rings is 1. The highest BCUT2D eigenvalue weighted by Gasteiger charge is 2.31. The Morgan fingerprint density at radius 3 is 2.65 bits per heavy atom. The first-order chi connectivity index (χ1) is 9.85. The third kappa shape index (κ3) is 2.05. The monoisotopic (exact) mass is 267 g/mol. The number of hydrogen-bond acceptors (Lipinski definition) is 2. The third-order valence-corrected chi connectivity index (χ3v) is 4.67. The minimum atomic E-state index is 0.546. The van der Waals surface area contributed by atoms with Gasteiger partial charge in [0, 0.05) is 18.4 Å². The molecule has 1 aromatic heterocycles. The number of hydrogen-bond donors (Lipinski definition) is 0. The van der Waals surface area contributed by atoms with Gasteiger partial charge in [-0.25, -0.2) is 9.67 Å². The van der Waals surface area contributed by atoms with Crippen molar-refractivity contribution in [2.24, 2.45) is 0 Å². The van der Waals surface area contributed by atoms with E-state index in [0.29, 0.717) is 11.8 Å². The molecule has 20 heavy (non-hydrogen) atoms. The van der Waals surface area contributed by atoms with Crippen molar-refractivity contribution < 1.29 is 0 Å². The van der Waals surface area contributed by atoms with E-state index in [2.05, 4.69) is 35.9 Å². The van der Waals surface area contributed by atoms with Crippen molar-refractivity contribution in [1.82, 2.24) is 14.8 Å². The molecule has 1 heterocycles. The summed E-state index contributed by atoms with van der Waals surface area (Å²) in [6, 6.07) is 8.85. The molecule has 0 bridgehead atoms. The summed E-state index contributed by atoms with van der Waals surface area (Å²) in [5, 5.41) is 4.73. The highest BCUT2D eigenvalue weighted by molar-refractivity contribution is 5.31. The van der Waals surface area contributed by atoms with Gasteiger partial charge in [-0.2, -0.15) is 5.10 Å². The summed E-state index contributed by atoms with van der Waals surface area (Å²) in [6.07, 6.45) is 6.07. The van der Waals surface area contributed by atoms with Crippen LogP contribution in [0.3, 0.4) is 0 Å². The van der Waals surface area contributed by atoms with E-state index in [0.717, 1.165) is 18.8 Å². The lowest BCUT2D eigenvalue weighted by atomic mass is 9.83. The van der Waals surface area contributed by atoms with Crippen LogP contribution in [0.1, 0.15) is 60.8 Å². The standard InChI is InChI=1S/C17H21N3/c1-2-20-17(18-16(19-20)13-8-9-13)15-10-7-12-5-3-4-6-14(12)11-15/h3-6,13,15H,2,7-11H2,1H3. The van der Waals surface area contributed by atoms with Crippen LogP contribution in [0.4, 0.5) is 0 Å². The molecule has 1 aromatic carbocycles. The van der Waals surface area contributed by atoms with Gasteiger partial charge in [-0.05, 0) is 50.2 Å². The van der Waals surface area contributed by atoms with Crippen LogP contribution in [0.15, 0.2) is 24.3 Å². The van der Waals surface area contributed by atoms with Gasteiger partial charge in [0.05, 0.1) is 0 Å². The molecule has 104 valence electrons. The van der Waals surface area contributed by atoms with Gasteiger partial charge in [0.2, 0.25) is 0 Å². The molecule has 0 amide bonds. The lowest BCUT2D eigenvalue weighted by molar-refractivity contribution is 0.503. The quantitative estimate of drug-likeness (QED) is 0.852. The van der Waals surface area contributed by atoms with Gasteiger partial charge < -0.3 is 0 Å². The van der Waals surface area contributed by atoms with E-state index in [1.54, 1.807) is 0 Å². The Bertz CT molecular complexity index is 625. The second-order valence-electron chi connectivity index (χ2n) is 6.13. The van der Waals surface area contributed by atoms with Crippen molar-refractivity contribution in [1.29, 1.82) is 0 Å². The molecule has 1 unspecified atom stereocenters. The van der Waals surface area contributed by atoms with E-state index in [1.165, 1.54) is 42.6 Å². The van der Waals surface area contributed by atoms with Crippen molar-refractivity contribution in [2.45, 2.75) is 57.4 Å². The molecule has 1 fully saturated rings. The van der Waals surface area contributed by atoms with Gasteiger partial charge in [0.15, 0.2) is 5.82 Å². The summed E-state index contributed by atoms with van der Waals surface area (Å²) >= 11 is 0. The van der Waals surface area contributed by atoms with Crippen LogP contribution in [0.25, 0.3) is 0 Å². The fourth-order valence-electron chi connectivity index (χ4n) is 3.34. The zero-order valence-corrected chi connectivity index (χ0v) is 12.0. The summed E-state index contributed by atoms with van der Waals surface area (Å²) in [4.78, 5) is 4.89. The SMILES string of the molecule is CCn1nc(C2CC2)nc1C1CCc2ccccc2C1. The molecule has 0 N–H and O–H groups in total. The predicted octanol–water partition coefficient (Wildman–Crippen LogP) is 3.45. The van der Waals surface area contributed by atoms with Gasteiger partial charge >= 0.3 is 0 Å². The Morgan fingerprint density at radius 1 is 1.10 bits per heavy atom. The maximum atomic E-state index is 4.89. The van der Waals surface area contributed by atoms with E-state index < -0.39 is 0 Å². The van der Waals surface area contributed by atoms with Crippen molar-refractivity contribution in [3.05, 3.63) is 47.0 Å². The summed E-state index contributed by atoms with van der Waals surface area (Å²) < 4.78 is 2.15. The molecule has 0 radical (unpaired) electrons. The second kappa shape index (κ2) is 4.72. The van der Waals surface area contributed by atoms with E-state index in [1.807, 2.05) is 0 Å². The predicted molar refractivity (Wildman–Crippen MR) is 78.9 cm³/mol. The van der Waals surface area contributed by atoms with Crippen LogP contribution in [-0.4, -0.2) is 14.8 Å². The van der Waals surface area contributed by atoms with Gasteiger partial charge in [0.25, 0.3) is 0 Å². The molecule has 2 aromatic rings. The van der Waals surface area contributed by atoms with Crippen LogP contribution in [0.2, 0.25) is 0 Å². The summed E-state index contributed by atoms with van der Waals surface area (Å²) in [5.74, 6) is 3.52. The average Bonchev–Trinajstić information content (AvgIpc) is 3.26. The highest BCUT2D eigenvalue weighted by Crippen LogP contribution is 2.39. The topological polar surface area (TPSA) is 30.7 Å². The summed E-state index contributed by atoms with van der Waals surface area (Å²) in [7, 11) is 0. The minimum Gasteiger partial charge on any atom is -0.250 e. The fourth-order valence-corrected chi connectivity index (χ4v) is 3.34. The number of fused-ring (bicyclic) bond motifs is 1. The third-order valence-electron chi connectivity index (χ3n) is 4.67. The zero-order chi connectivity index (χ0) is 13.5. The molecule has 2 aliphatic rings. The summed E-state index contributed by atoms with van der Waals surface area (Å²) in [5.41, 5.74) is 3.02. The first kappa shape index (κ1) is 12.1. The van der Waals surface area contributed by atoms with Crippen molar-refractivity contribution in [2.75, 3.05) is 0 Å². The molecular formula is C17H21N3. The normalized spacial score (nSPS) is 21.8. The van der Waals surface area contributed by atoms with Gasteiger partial charge in [0.1, 0.15) is 5.82 Å². The van der Waals surface area contributed by atoms with Crippen molar-refractivity contribution in [3.8, 4) is 0 Å². The molecular weight excluding hydrogens is 246 g/mol. The number of aryl methyl sites for hydroxylation is 2. The van der Waals surface area contributed by atoms with Crippen molar-refractivity contribution >= 4 is 0 Å². The van der Waals surface area contributed by atoms with Crippen molar-refractivity contribution in [3.63, 3.8) is 0 Å². The van der Waals surface area contributed by atoms with Crippen LogP contribution < -0.4 is 0 Å². The van der Waals surface area contributed by atoms with E-state index >= 15 is 0 Å². The molecule has 3 nitrogen and oxygen atoms in total. The highest BCUT2D eigenvalue weighted by atomic mass is 15.3. The molecule has 0 spiro atoms. The Morgan fingerprint density at radius 2 is 1.90 bits per heavy atom. The van der Waals surface area contributed by atoms with Gasteiger partial charge in [-0.3, -0.25) is 0 Å². The second-order valence-corrected chi connectivity index (χ2v) is 6.13. The Balaban J connectivity index is 1.65. The first-order valence-electron chi connectivity index (χ1n) is 7.86. The zero-order valence-electron chi connectivity index (χ0n) is 12.0. The maximum absolute atomic E-state index is 4.89. The molecule has 1 atom stereocenters. The Kier molecular flexibility index (Phi) is 2.86.